The average molecular weight is 200 g/mol. The topological polar surface area (TPSA) is 29.3 Å². The zero-order valence-corrected chi connectivity index (χ0v) is 10.7. The summed E-state index contributed by atoms with van der Waals surface area (Å²) in [5.41, 5.74) is 5.82. The monoisotopic (exact) mass is 200 g/mol. The van der Waals surface area contributed by atoms with E-state index in [1.165, 1.54) is 6.42 Å². The van der Waals surface area contributed by atoms with Crippen LogP contribution in [-0.4, -0.2) is 30.6 Å². The minimum Gasteiger partial charge on any atom is -0.329 e. The van der Waals surface area contributed by atoms with Crippen LogP contribution < -0.4 is 5.73 Å². The molecule has 2 heteroatoms. The van der Waals surface area contributed by atoms with Crippen LogP contribution in [0.25, 0.3) is 0 Å². The van der Waals surface area contributed by atoms with Gasteiger partial charge in [-0.05, 0) is 32.2 Å². The Morgan fingerprint density at radius 1 is 1.07 bits per heavy atom. The van der Waals surface area contributed by atoms with Crippen molar-refractivity contribution in [3.05, 3.63) is 0 Å². The lowest BCUT2D eigenvalue weighted by Gasteiger charge is -2.35. The molecule has 0 amide bonds. The maximum atomic E-state index is 5.82. The third-order valence-electron chi connectivity index (χ3n) is 3.20. The Bertz CT molecular complexity index is 143. The molecule has 2 nitrogen and oxygen atoms in total. The van der Waals surface area contributed by atoms with Gasteiger partial charge < -0.3 is 5.73 Å². The SMILES string of the molecule is CC(C)CC(CN)N(C)C(C)C(C)C. The standard InChI is InChI=1S/C12H28N2/c1-9(2)7-12(8-13)14(6)11(5)10(3)4/h9-12H,7-8,13H2,1-6H3. The molecule has 0 heterocycles. The Balaban J connectivity index is 4.22. The quantitative estimate of drug-likeness (QED) is 0.713. The second kappa shape index (κ2) is 6.41. The van der Waals surface area contributed by atoms with Gasteiger partial charge in [0, 0.05) is 18.6 Å². The number of nitrogens with two attached hydrogens (primary N) is 1. The van der Waals surface area contributed by atoms with Crippen molar-refractivity contribution < 1.29 is 0 Å². The van der Waals surface area contributed by atoms with Crippen LogP contribution >= 0.6 is 0 Å². The number of hydrogen-bond acceptors (Lipinski definition) is 2. The van der Waals surface area contributed by atoms with Crippen LogP contribution in [0.15, 0.2) is 0 Å². The zero-order valence-electron chi connectivity index (χ0n) is 10.7. The molecular weight excluding hydrogens is 172 g/mol. The molecule has 0 saturated heterocycles. The third kappa shape index (κ3) is 4.43. The zero-order chi connectivity index (χ0) is 11.3. The van der Waals surface area contributed by atoms with Gasteiger partial charge in [-0.1, -0.05) is 27.7 Å². The number of nitrogens with zero attached hydrogens (tertiary/aromatic N) is 1. The van der Waals surface area contributed by atoms with E-state index in [1.54, 1.807) is 0 Å². The Labute approximate surface area is 89.9 Å². The van der Waals surface area contributed by atoms with Gasteiger partial charge in [-0.2, -0.15) is 0 Å². The average Bonchev–Trinajstić information content (AvgIpc) is 2.11. The van der Waals surface area contributed by atoms with Gasteiger partial charge in [0.05, 0.1) is 0 Å². The van der Waals surface area contributed by atoms with Gasteiger partial charge in [-0.3, -0.25) is 4.90 Å². The molecule has 0 bridgehead atoms. The normalized spacial score (nSPS) is 16.7. The first-order chi connectivity index (χ1) is 6.40. The second-order valence-electron chi connectivity index (χ2n) is 5.17. The van der Waals surface area contributed by atoms with Gasteiger partial charge in [0.1, 0.15) is 0 Å². The number of hydrogen-bond donors (Lipinski definition) is 1. The van der Waals surface area contributed by atoms with Gasteiger partial charge in [0.15, 0.2) is 0 Å². The van der Waals surface area contributed by atoms with Crippen molar-refractivity contribution in [3.63, 3.8) is 0 Å². The van der Waals surface area contributed by atoms with Gasteiger partial charge in [0.25, 0.3) is 0 Å². The van der Waals surface area contributed by atoms with E-state index in [9.17, 15) is 0 Å². The molecule has 0 saturated carbocycles. The lowest BCUT2D eigenvalue weighted by molar-refractivity contribution is 0.135. The lowest BCUT2D eigenvalue weighted by Crippen LogP contribution is -2.45. The molecule has 2 unspecified atom stereocenters. The van der Waals surface area contributed by atoms with E-state index >= 15 is 0 Å². The van der Waals surface area contributed by atoms with Crippen molar-refractivity contribution in [2.45, 2.75) is 53.1 Å². The first-order valence-corrected chi connectivity index (χ1v) is 5.82. The van der Waals surface area contributed by atoms with Gasteiger partial charge in [0.2, 0.25) is 0 Å². The summed E-state index contributed by atoms with van der Waals surface area (Å²) >= 11 is 0. The fourth-order valence-electron chi connectivity index (χ4n) is 1.78. The summed E-state index contributed by atoms with van der Waals surface area (Å²) in [6, 6.07) is 1.15. The van der Waals surface area contributed by atoms with Crippen LogP contribution in [0.2, 0.25) is 0 Å². The first-order valence-electron chi connectivity index (χ1n) is 5.82. The third-order valence-corrected chi connectivity index (χ3v) is 3.20. The molecule has 14 heavy (non-hydrogen) atoms. The molecular formula is C12H28N2. The van der Waals surface area contributed by atoms with Crippen LogP contribution in [0, 0.1) is 11.8 Å². The molecule has 0 aliphatic carbocycles. The van der Waals surface area contributed by atoms with E-state index in [1.807, 2.05) is 0 Å². The summed E-state index contributed by atoms with van der Waals surface area (Å²) in [6.07, 6.45) is 1.20. The molecule has 2 atom stereocenters. The smallest absolute Gasteiger partial charge is 0.0220 e. The lowest BCUT2D eigenvalue weighted by atomic mass is 9.98. The molecule has 2 N–H and O–H groups in total. The summed E-state index contributed by atoms with van der Waals surface area (Å²) < 4.78 is 0. The van der Waals surface area contributed by atoms with E-state index in [0.717, 1.165) is 12.5 Å². The Morgan fingerprint density at radius 2 is 1.57 bits per heavy atom. The highest BCUT2D eigenvalue weighted by Crippen LogP contribution is 2.16. The van der Waals surface area contributed by atoms with E-state index in [2.05, 4.69) is 46.6 Å². The fourth-order valence-corrected chi connectivity index (χ4v) is 1.78. The van der Waals surface area contributed by atoms with E-state index in [0.29, 0.717) is 18.0 Å². The van der Waals surface area contributed by atoms with Crippen LogP contribution in [0.4, 0.5) is 0 Å². The molecule has 0 aliphatic heterocycles. The van der Waals surface area contributed by atoms with Crippen LogP contribution in [0.3, 0.4) is 0 Å². The van der Waals surface area contributed by atoms with Crippen molar-refractivity contribution >= 4 is 0 Å². The predicted molar refractivity (Wildman–Crippen MR) is 64.4 cm³/mol. The van der Waals surface area contributed by atoms with E-state index < -0.39 is 0 Å². The highest BCUT2D eigenvalue weighted by molar-refractivity contribution is 4.77. The molecule has 0 aromatic rings. The maximum Gasteiger partial charge on any atom is 0.0220 e. The molecule has 0 aromatic heterocycles. The molecule has 0 aromatic carbocycles. The molecule has 0 rings (SSSR count). The molecule has 0 spiro atoms. The largest absolute Gasteiger partial charge is 0.329 e. The van der Waals surface area contributed by atoms with E-state index in [4.69, 9.17) is 5.73 Å². The minimum absolute atomic E-state index is 0.535. The van der Waals surface area contributed by atoms with Gasteiger partial charge >= 0.3 is 0 Å². The number of likely N-dealkylation sites (N-methyl/N-ethyl adjacent to an activating group) is 1. The van der Waals surface area contributed by atoms with Crippen LogP contribution in [-0.2, 0) is 0 Å². The molecule has 86 valence electrons. The molecule has 0 radical (unpaired) electrons. The van der Waals surface area contributed by atoms with Crippen molar-refractivity contribution in [3.8, 4) is 0 Å². The van der Waals surface area contributed by atoms with Crippen molar-refractivity contribution in [2.24, 2.45) is 17.6 Å². The fraction of sp³-hybridized carbons (Fsp3) is 1.00. The van der Waals surface area contributed by atoms with Gasteiger partial charge in [-0.25, -0.2) is 0 Å². The van der Waals surface area contributed by atoms with Crippen molar-refractivity contribution in [1.29, 1.82) is 0 Å². The summed E-state index contributed by atoms with van der Waals surface area (Å²) in [6.45, 7) is 12.1. The maximum absolute atomic E-state index is 5.82. The van der Waals surface area contributed by atoms with Crippen molar-refractivity contribution in [2.75, 3.05) is 13.6 Å². The highest BCUT2D eigenvalue weighted by atomic mass is 15.2. The Morgan fingerprint density at radius 3 is 1.86 bits per heavy atom. The molecule has 0 fully saturated rings. The van der Waals surface area contributed by atoms with E-state index in [-0.39, 0.29) is 0 Å². The van der Waals surface area contributed by atoms with Crippen LogP contribution in [0.5, 0.6) is 0 Å². The second-order valence-corrected chi connectivity index (χ2v) is 5.17. The summed E-state index contributed by atoms with van der Waals surface area (Å²) in [4.78, 5) is 2.44. The summed E-state index contributed by atoms with van der Waals surface area (Å²) in [5, 5.41) is 0. The van der Waals surface area contributed by atoms with Gasteiger partial charge in [-0.15, -0.1) is 0 Å². The minimum atomic E-state index is 0.535. The van der Waals surface area contributed by atoms with Crippen LogP contribution in [0.1, 0.15) is 41.0 Å². The highest BCUT2D eigenvalue weighted by Gasteiger charge is 2.21. The van der Waals surface area contributed by atoms with Crippen molar-refractivity contribution in [1.82, 2.24) is 4.90 Å². The molecule has 0 aliphatic rings. The Hall–Kier alpha value is -0.0800. The Kier molecular flexibility index (Phi) is 6.38. The first kappa shape index (κ1) is 13.9. The summed E-state index contributed by atoms with van der Waals surface area (Å²) in [7, 11) is 2.20. The number of rotatable bonds is 6. The predicted octanol–water partition coefficient (Wildman–Crippen LogP) is 2.34. The summed E-state index contributed by atoms with van der Waals surface area (Å²) in [5.74, 6) is 1.42.